The van der Waals surface area contributed by atoms with Gasteiger partial charge in [0.05, 0.1) is 0 Å². The highest BCUT2D eigenvalue weighted by Gasteiger charge is 2.33. The van der Waals surface area contributed by atoms with Gasteiger partial charge in [0.15, 0.2) is 0 Å². The van der Waals surface area contributed by atoms with Crippen LogP contribution in [0.1, 0.15) is 38.3 Å². The second-order valence-electron chi connectivity index (χ2n) is 7.44. The van der Waals surface area contributed by atoms with Crippen molar-refractivity contribution in [3.63, 3.8) is 0 Å². The van der Waals surface area contributed by atoms with E-state index < -0.39 is 5.60 Å². The van der Waals surface area contributed by atoms with Gasteiger partial charge < -0.3 is 20.3 Å². The maximum Gasteiger partial charge on any atom is 0.410 e. The van der Waals surface area contributed by atoms with Gasteiger partial charge in [-0.2, -0.15) is 0 Å². The van der Waals surface area contributed by atoms with Crippen molar-refractivity contribution in [3.05, 3.63) is 29.3 Å². The van der Waals surface area contributed by atoms with Crippen molar-refractivity contribution in [1.29, 1.82) is 0 Å². The molecule has 0 unspecified atom stereocenters. The van der Waals surface area contributed by atoms with Crippen molar-refractivity contribution in [1.82, 2.24) is 10.2 Å². The predicted octanol–water partition coefficient (Wildman–Crippen LogP) is 2.75. The predicted molar refractivity (Wildman–Crippen MR) is 91.7 cm³/mol. The molecule has 23 heavy (non-hydrogen) atoms. The Bertz CT molecular complexity index is 574. The van der Waals surface area contributed by atoms with Crippen LogP contribution in [0.3, 0.4) is 0 Å². The quantitative estimate of drug-likeness (QED) is 0.900. The summed E-state index contributed by atoms with van der Waals surface area (Å²) in [4.78, 5) is 13.7. The van der Waals surface area contributed by atoms with Crippen LogP contribution in [0, 0.1) is 0 Å². The van der Waals surface area contributed by atoms with Crippen molar-refractivity contribution < 1.29 is 9.53 Å². The zero-order chi connectivity index (χ0) is 16.4. The number of aryl methyl sites for hydroxylation is 1. The number of carbonyl (C=O) groups is 1. The lowest BCUT2D eigenvalue weighted by Crippen LogP contribution is -2.60. The Morgan fingerprint density at radius 3 is 2.91 bits per heavy atom. The number of ether oxygens (including phenoxy) is 1. The first-order valence-corrected chi connectivity index (χ1v) is 8.48. The minimum Gasteiger partial charge on any atom is -0.444 e. The summed E-state index contributed by atoms with van der Waals surface area (Å²) < 4.78 is 5.38. The van der Waals surface area contributed by atoms with Gasteiger partial charge >= 0.3 is 6.09 Å². The van der Waals surface area contributed by atoms with E-state index in [1.807, 2.05) is 20.8 Å². The van der Waals surface area contributed by atoms with Gasteiger partial charge in [0.2, 0.25) is 0 Å². The number of likely N-dealkylation sites (tertiary alicyclic amines) is 1. The van der Waals surface area contributed by atoms with Crippen LogP contribution in [-0.2, 0) is 17.7 Å². The molecule has 2 heterocycles. The molecule has 0 spiro atoms. The number of amides is 1. The highest BCUT2D eigenvalue weighted by molar-refractivity contribution is 5.69. The Morgan fingerprint density at radius 1 is 1.39 bits per heavy atom. The Morgan fingerprint density at radius 2 is 2.17 bits per heavy atom. The molecule has 3 rings (SSSR count). The maximum absolute atomic E-state index is 11.9. The fourth-order valence-electron chi connectivity index (χ4n) is 3.07. The molecule has 0 atom stereocenters. The monoisotopic (exact) mass is 317 g/mol. The topological polar surface area (TPSA) is 53.6 Å². The Labute approximate surface area is 138 Å². The van der Waals surface area contributed by atoms with E-state index in [-0.39, 0.29) is 6.09 Å². The number of fused-ring (bicyclic) bond motifs is 1. The number of para-hydroxylation sites is 1. The molecular weight excluding hydrogens is 290 g/mol. The molecule has 0 saturated carbocycles. The van der Waals surface area contributed by atoms with Crippen molar-refractivity contribution >= 4 is 11.8 Å². The van der Waals surface area contributed by atoms with E-state index in [1.54, 1.807) is 4.90 Å². The minimum atomic E-state index is -0.426. The first-order chi connectivity index (χ1) is 10.9. The normalized spacial score (nSPS) is 18.0. The van der Waals surface area contributed by atoms with Crippen LogP contribution in [0.5, 0.6) is 0 Å². The fourth-order valence-corrected chi connectivity index (χ4v) is 3.07. The largest absolute Gasteiger partial charge is 0.444 e. The molecule has 2 aliphatic rings. The van der Waals surface area contributed by atoms with Crippen LogP contribution in [0.2, 0.25) is 0 Å². The third-order valence-corrected chi connectivity index (χ3v) is 4.28. The summed E-state index contributed by atoms with van der Waals surface area (Å²) in [6, 6.07) is 6.87. The van der Waals surface area contributed by atoms with Gasteiger partial charge in [0.1, 0.15) is 5.60 Å². The molecule has 0 radical (unpaired) electrons. The van der Waals surface area contributed by atoms with Gasteiger partial charge in [0, 0.05) is 37.9 Å². The summed E-state index contributed by atoms with van der Waals surface area (Å²) in [5, 5.41) is 7.06. The lowest BCUT2D eigenvalue weighted by molar-refractivity contribution is 0.00519. The number of hydrogen-bond acceptors (Lipinski definition) is 4. The standard InChI is InChI=1S/C18H27N3O2/c1-18(2,3)23-17(22)21-11-15(12-21)20-10-14-7-4-6-13-8-5-9-19-16(13)14/h4,6-7,15,19-20H,5,8-12H2,1-3H3. The molecular formula is C18H27N3O2. The van der Waals surface area contributed by atoms with Crippen molar-refractivity contribution in [2.24, 2.45) is 0 Å². The smallest absolute Gasteiger partial charge is 0.410 e. The van der Waals surface area contributed by atoms with Gasteiger partial charge in [-0.3, -0.25) is 0 Å². The summed E-state index contributed by atoms with van der Waals surface area (Å²) in [7, 11) is 0. The SMILES string of the molecule is CC(C)(C)OC(=O)N1CC(NCc2cccc3c2NCCC3)C1. The van der Waals surface area contributed by atoms with E-state index in [1.165, 1.54) is 23.2 Å². The summed E-state index contributed by atoms with van der Waals surface area (Å²) in [6.07, 6.45) is 2.15. The van der Waals surface area contributed by atoms with Crippen LogP contribution in [0.15, 0.2) is 18.2 Å². The number of rotatable bonds is 3. The maximum atomic E-state index is 11.9. The molecule has 5 heteroatoms. The molecule has 1 amide bonds. The first-order valence-electron chi connectivity index (χ1n) is 8.48. The number of anilines is 1. The second kappa shape index (κ2) is 6.40. The van der Waals surface area contributed by atoms with Gasteiger partial charge in [-0.15, -0.1) is 0 Å². The highest BCUT2D eigenvalue weighted by Crippen LogP contribution is 2.26. The second-order valence-corrected chi connectivity index (χ2v) is 7.44. The summed E-state index contributed by atoms with van der Waals surface area (Å²) in [5.74, 6) is 0. The van der Waals surface area contributed by atoms with Gasteiger partial charge in [0.25, 0.3) is 0 Å². The molecule has 0 aliphatic carbocycles. The van der Waals surface area contributed by atoms with Crippen LogP contribution >= 0.6 is 0 Å². The Kier molecular flexibility index (Phi) is 4.48. The van der Waals surface area contributed by atoms with E-state index in [4.69, 9.17) is 4.74 Å². The van der Waals surface area contributed by atoms with Crippen LogP contribution in [0.25, 0.3) is 0 Å². The lowest BCUT2D eigenvalue weighted by Gasteiger charge is -2.40. The summed E-state index contributed by atoms with van der Waals surface area (Å²) >= 11 is 0. The van der Waals surface area contributed by atoms with Gasteiger partial charge in [-0.25, -0.2) is 4.79 Å². The average Bonchev–Trinajstić information content (AvgIpc) is 2.44. The average molecular weight is 317 g/mol. The molecule has 0 aromatic heterocycles. The van der Waals surface area contributed by atoms with Crippen molar-refractivity contribution in [3.8, 4) is 0 Å². The Balaban J connectivity index is 1.47. The number of nitrogens with zero attached hydrogens (tertiary/aromatic N) is 1. The fraction of sp³-hybridized carbons (Fsp3) is 0.611. The summed E-state index contributed by atoms with van der Waals surface area (Å²) in [6.45, 7) is 9.02. The molecule has 1 saturated heterocycles. The lowest BCUT2D eigenvalue weighted by atomic mass is 9.99. The van der Waals surface area contributed by atoms with Crippen molar-refractivity contribution in [2.75, 3.05) is 25.0 Å². The van der Waals surface area contributed by atoms with Crippen LogP contribution in [0.4, 0.5) is 10.5 Å². The first kappa shape index (κ1) is 16.1. The molecule has 2 N–H and O–H groups in total. The van der Waals surface area contributed by atoms with E-state index in [0.29, 0.717) is 6.04 Å². The van der Waals surface area contributed by atoms with Crippen molar-refractivity contribution in [2.45, 2.75) is 51.8 Å². The third kappa shape index (κ3) is 3.96. The zero-order valence-corrected chi connectivity index (χ0v) is 14.3. The van der Waals surface area contributed by atoms with Crippen LogP contribution in [-0.4, -0.2) is 42.3 Å². The molecule has 2 aliphatic heterocycles. The number of nitrogens with one attached hydrogen (secondary N) is 2. The molecule has 5 nitrogen and oxygen atoms in total. The molecule has 1 aromatic carbocycles. The third-order valence-electron chi connectivity index (χ3n) is 4.28. The van der Waals surface area contributed by atoms with E-state index >= 15 is 0 Å². The summed E-state index contributed by atoms with van der Waals surface area (Å²) in [5.41, 5.74) is 3.61. The molecule has 1 aromatic rings. The van der Waals surface area contributed by atoms with E-state index in [2.05, 4.69) is 28.8 Å². The van der Waals surface area contributed by atoms with Crippen LogP contribution < -0.4 is 10.6 Å². The zero-order valence-electron chi connectivity index (χ0n) is 14.3. The molecule has 1 fully saturated rings. The van der Waals surface area contributed by atoms with Gasteiger partial charge in [-0.05, 0) is 44.7 Å². The molecule has 126 valence electrons. The minimum absolute atomic E-state index is 0.214. The number of hydrogen-bond donors (Lipinski definition) is 2. The van der Waals surface area contributed by atoms with E-state index in [0.717, 1.165) is 32.6 Å². The Hall–Kier alpha value is -1.75. The number of benzene rings is 1. The van der Waals surface area contributed by atoms with E-state index in [9.17, 15) is 4.79 Å². The van der Waals surface area contributed by atoms with Gasteiger partial charge in [-0.1, -0.05) is 18.2 Å². The number of carbonyl (C=O) groups excluding carboxylic acids is 1. The molecule has 0 bridgehead atoms. The highest BCUT2D eigenvalue weighted by atomic mass is 16.6.